The summed E-state index contributed by atoms with van der Waals surface area (Å²) in [4.78, 5) is 23.6. The summed E-state index contributed by atoms with van der Waals surface area (Å²) in [7, 11) is 0. The molecule has 1 aliphatic rings. The van der Waals surface area contributed by atoms with Crippen molar-refractivity contribution in [2.75, 3.05) is 0 Å². The first-order valence-corrected chi connectivity index (χ1v) is 7.91. The maximum Gasteiger partial charge on any atom is 0.338 e. The summed E-state index contributed by atoms with van der Waals surface area (Å²) in [6.45, 7) is 0. The van der Waals surface area contributed by atoms with E-state index in [9.17, 15) is 14.0 Å². The number of carboxylic acid groups (broad SMARTS) is 1. The summed E-state index contributed by atoms with van der Waals surface area (Å²) in [5.41, 5.74) is 0.781. The Morgan fingerprint density at radius 3 is 2.46 bits per heavy atom. The fourth-order valence-electron chi connectivity index (χ4n) is 2.92. The van der Waals surface area contributed by atoms with Gasteiger partial charge in [-0.15, -0.1) is 0 Å². The predicted octanol–water partition coefficient (Wildman–Crippen LogP) is 3.33. The summed E-state index contributed by atoms with van der Waals surface area (Å²) in [5.74, 6) is -2.08. The zero-order valence-corrected chi connectivity index (χ0v) is 13.0. The van der Waals surface area contributed by atoms with Gasteiger partial charge in [-0.05, 0) is 36.0 Å². The molecule has 2 aromatic carbocycles. The van der Waals surface area contributed by atoms with Crippen molar-refractivity contribution in [3.05, 3.63) is 71.0 Å². The van der Waals surface area contributed by atoms with E-state index in [1.807, 2.05) is 30.3 Å². The number of hydrogen-bond donors (Lipinski definition) is 2. The number of carbonyl (C=O) groups excluding carboxylic acids is 1. The van der Waals surface area contributed by atoms with Crippen molar-refractivity contribution in [3.63, 3.8) is 0 Å². The van der Waals surface area contributed by atoms with E-state index in [2.05, 4.69) is 5.32 Å². The van der Waals surface area contributed by atoms with Crippen molar-refractivity contribution >= 4 is 11.9 Å². The molecule has 0 bridgehead atoms. The van der Waals surface area contributed by atoms with Crippen LogP contribution in [0.15, 0.2) is 48.5 Å². The monoisotopic (exact) mass is 327 g/mol. The average molecular weight is 327 g/mol. The lowest BCUT2D eigenvalue weighted by Gasteiger charge is -2.19. The second kappa shape index (κ2) is 6.83. The van der Waals surface area contributed by atoms with E-state index in [0.29, 0.717) is 5.92 Å². The third kappa shape index (κ3) is 3.62. The molecule has 2 aromatic rings. The molecule has 2 N–H and O–H groups in total. The maximum absolute atomic E-state index is 13.7. The zero-order chi connectivity index (χ0) is 17.1. The van der Waals surface area contributed by atoms with Crippen molar-refractivity contribution < 1.29 is 19.1 Å². The van der Waals surface area contributed by atoms with Crippen LogP contribution in [-0.4, -0.2) is 17.0 Å². The van der Waals surface area contributed by atoms with E-state index in [0.717, 1.165) is 24.5 Å². The minimum atomic E-state index is -1.36. The number of benzene rings is 2. The lowest BCUT2D eigenvalue weighted by Crippen LogP contribution is -2.31. The highest BCUT2D eigenvalue weighted by Gasteiger charge is 2.33. The van der Waals surface area contributed by atoms with Crippen LogP contribution in [0.5, 0.6) is 0 Å². The van der Waals surface area contributed by atoms with Crippen LogP contribution in [0.2, 0.25) is 0 Å². The van der Waals surface area contributed by atoms with Gasteiger partial charge in [0, 0.05) is 0 Å². The summed E-state index contributed by atoms with van der Waals surface area (Å²) in [6.07, 6.45) is 1.95. The average Bonchev–Trinajstić information content (AvgIpc) is 3.38. The number of aromatic carboxylic acids is 1. The van der Waals surface area contributed by atoms with Gasteiger partial charge in [0.05, 0.1) is 18.0 Å². The third-order valence-corrected chi connectivity index (χ3v) is 4.23. The van der Waals surface area contributed by atoms with Crippen LogP contribution < -0.4 is 5.32 Å². The fraction of sp³-hybridized carbons (Fsp3) is 0.263. The Bertz CT molecular complexity index is 756. The number of hydrogen-bond acceptors (Lipinski definition) is 2. The molecule has 4 nitrogen and oxygen atoms in total. The Hall–Kier alpha value is -2.69. The molecule has 0 aliphatic heterocycles. The summed E-state index contributed by atoms with van der Waals surface area (Å²) >= 11 is 0. The van der Waals surface area contributed by atoms with Crippen molar-refractivity contribution in [1.29, 1.82) is 0 Å². The van der Waals surface area contributed by atoms with Gasteiger partial charge >= 0.3 is 5.97 Å². The Labute approximate surface area is 139 Å². The SMILES string of the molecule is O=C(Cc1cccc(F)c1C(=O)O)NC(c1ccccc1)C1CC1. The van der Waals surface area contributed by atoms with Gasteiger partial charge in [0.1, 0.15) is 5.82 Å². The second-order valence-corrected chi connectivity index (χ2v) is 6.05. The van der Waals surface area contributed by atoms with Crippen LogP contribution in [0.3, 0.4) is 0 Å². The van der Waals surface area contributed by atoms with E-state index < -0.39 is 17.3 Å². The largest absolute Gasteiger partial charge is 0.478 e. The first kappa shape index (κ1) is 16.2. The number of amides is 1. The van der Waals surface area contributed by atoms with Crippen LogP contribution in [0, 0.1) is 11.7 Å². The molecule has 3 rings (SSSR count). The lowest BCUT2D eigenvalue weighted by atomic mass is 10.0. The number of halogens is 1. The van der Waals surface area contributed by atoms with Crippen LogP contribution in [0.25, 0.3) is 0 Å². The van der Waals surface area contributed by atoms with Crippen molar-refractivity contribution in [3.8, 4) is 0 Å². The molecule has 1 unspecified atom stereocenters. The van der Waals surface area contributed by atoms with Gasteiger partial charge in [0.25, 0.3) is 0 Å². The van der Waals surface area contributed by atoms with E-state index in [1.165, 1.54) is 12.1 Å². The first-order valence-electron chi connectivity index (χ1n) is 7.91. The maximum atomic E-state index is 13.7. The molecular weight excluding hydrogens is 309 g/mol. The molecule has 0 radical (unpaired) electrons. The van der Waals surface area contributed by atoms with Gasteiger partial charge in [-0.3, -0.25) is 4.79 Å². The van der Waals surface area contributed by atoms with Crippen LogP contribution >= 0.6 is 0 Å². The van der Waals surface area contributed by atoms with Gasteiger partial charge in [-0.25, -0.2) is 9.18 Å². The highest BCUT2D eigenvalue weighted by Crippen LogP contribution is 2.40. The number of rotatable bonds is 6. The van der Waals surface area contributed by atoms with Gasteiger partial charge in [0.2, 0.25) is 5.91 Å². The van der Waals surface area contributed by atoms with Crippen molar-refractivity contribution in [1.82, 2.24) is 5.32 Å². The number of carboxylic acids is 1. The molecule has 0 aromatic heterocycles. The van der Waals surface area contributed by atoms with Crippen LogP contribution in [0.4, 0.5) is 4.39 Å². The van der Waals surface area contributed by atoms with E-state index in [-0.39, 0.29) is 23.9 Å². The Kier molecular flexibility index (Phi) is 4.60. The predicted molar refractivity (Wildman–Crippen MR) is 87.1 cm³/mol. The first-order chi connectivity index (χ1) is 11.6. The van der Waals surface area contributed by atoms with E-state index in [1.54, 1.807) is 0 Å². The molecular formula is C19H18FNO3. The number of carbonyl (C=O) groups is 2. The molecule has 5 heteroatoms. The third-order valence-electron chi connectivity index (χ3n) is 4.23. The minimum Gasteiger partial charge on any atom is -0.478 e. The van der Waals surface area contributed by atoms with Crippen molar-refractivity contribution in [2.45, 2.75) is 25.3 Å². The Morgan fingerprint density at radius 1 is 1.12 bits per heavy atom. The van der Waals surface area contributed by atoms with Gasteiger partial charge in [0.15, 0.2) is 0 Å². The molecule has 1 atom stereocenters. The highest BCUT2D eigenvalue weighted by atomic mass is 19.1. The van der Waals surface area contributed by atoms with Gasteiger partial charge in [-0.2, -0.15) is 0 Å². The summed E-state index contributed by atoms with van der Waals surface area (Å²) in [6, 6.07) is 13.6. The molecule has 0 saturated heterocycles. The minimum absolute atomic E-state index is 0.0828. The molecule has 0 heterocycles. The highest BCUT2D eigenvalue weighted by molar-refractivity contribution is 5.92. The summed E-state index contributed by atoms with van der Waals surface area (Å²) in [5, 5.41) is 12.1. The molecule has 1 fully saturated rings. The van der Waals surface area contributed by atoms with Crippen LogP contribution in [0.1, 0.15) is 40.4 Å². The smallest absolute Gasteiger partial charge is 0.338 e. The second-order valence-electron chi connectivity index (χ2n) is 6.05. The molecule has 124 valence electrons. The molecule has 0 spiro atoms. The quantitative estimate of drug-likeness (QED) is 0.855. The Balaban J connectivity index is 1.76. The normalized spacial score (nSPS) is 14.9. The lowest BCUT2D eigenvalue weighted by molar-refractivity contribution is -0.121. The molecule has 24 heavy (non-hydrogen) atoms. The molecule has 1 amide bonds. The van der Waals surface area contributed by atoms with Gasteiger partial charge < -0.3 is 10.4 Å². The standard InChI is InChI=1S/C19H18FNO3/c20-15-8-4-7-14(17(15)19(23)24)11-16(22)21-18(13-9-10-13)12-5-2-1-3-6-12/h1-8,13,18H,9-11H2,(H,21,22)(H,23,24). The van der Waals surface area contributed by atoms with Crippen LogP contribution in [-0.2, 0) is 11.2 Å². The molecule has 1 aliphatic carbocycles. The van der Waals surface area contributed by atoms with E-state index in [4.69, 9.17) is 5.11 Å². The fourth-order valence-corrected chi connectivity index (χ4v) is 2.92. The number of nitrogens with one attached hydrogen (secondary N) is 1. The Morgan fingerprint density at radius 2 is 1.83 bits per heavy atom. The van der Waals surface area contributed by atoms with E-state index >= 15 is 0 Å². The topological polar surface area (TPSA) is 66.4 Å². The molecule has 1 saturated carbocycles. The summed E-state index contributed by atoms with van der Waals surface area (Å²) < 4.78 is 13.7. The van der Waals surface area contributed by atoms with Crippen molar-refractivity contribution in [2.24, 2.45) is 5.92 Å². The van der Waals surface area contributed by atoms with Gasteiger partial charge in [-0.1, -0.05) is 42.5 Å². The zero-order valence-electron chi connectivity index (χ0n) is 13.0.